The third-order valence-electron chi connectivity index (χ3n) is 3.45. The highest BCUT2D eigenvalue weighted by atomic mass is 35.5. The first kappa shape index (κ1) is 16.3. The molecule has 0 aromatic carbocycles. The van der Waals surface area contributed by atoms with Gasteiger partial charge in [-0.05, 0) is 0 Å². The van der Waals surface area contributed by atoms with Crippen LogP contribution in [0, 0.1) is 10.1 Å². The van der Waals surface area contributed by atoms with Crippen LogP contribution in [0.3, 0.4) is 0 Å². The van der Waals surface area contributed by atoms with Crippen molar-refractivity contribution in [3.63, 3.8) is 0 Å². The van der Waals surface area contributed by atoms with Crippen LogP contribution in [-0.2, 0) is 4.79 Å². The second kappa shape index (κ2) is 5.29. The predicted molar refractivity (Wildman–Crippen MR) is 71.8 cm³/mol. The fraction of sp³-hybridized carbons (Fsp3) is 0.455. The quantitative estimate of drug-likeness (QED) is 0.616. The van der Waals surface area contributed by atoms with Gasteiger partial charge in [0.25, 0.3) is 5.91 Å². The normalized spacial score (nSPS) is 21.9. The van der Waals surface area contributed by atoms with Gasteiger partial charge in [-0.1, -0.05) is 11.6 Å². The van der Waals surface area contributed by atoms with Crippen LogP contribution in [-0.4, -0.2) is 45.5 Å². The number of rotatable bonds is 4. The molecule has 0 spiro atoms. The first-order valence-corrected chi connectivity index (χ1v) is 6.41. The largest absolute Gasteiger partial charge is 0.381 e. The summed E-state index contributed by atoms with van der Waals surface area (Å²) in [5.74, 6) is -6.34. The number of nitrogens with two attached hydrogens (primary N) is 1. The summed E-state index contributed by atoms with van der Waals surface area (Å²) in [5, 5.41) is 21.0. The molecule has 11 heteroatoms. The van der Waals surface area contributed by atoms with Crippen molar-refractivity contribution >= 4 is 29.0 Å². The molecule has 0 aliphatic carbocycles. The summed E-state index contributed by atoms with van der Waals surface area (Å²) in [6.45, 7) is -0.882. The van der Waals surface area contributed by atoms with E-state index in [1.807, 2.05) is 0 Å². The lowest BCUT2D eigenvalue weighted by Crippen LogP contribution is -2.57. The Hall–Kier alpha value is -2.07. The third-order valence-corrected chi connectivity index (χ3v) is 3.66. The Labute approximate surface area is 127 Å². The molecule has 1 saturated heterocycles. The van der Waals surface area contributed by atoms with E-state index in [1.165, 1.54) is 0 Å². The monoisotopic (exact) mass is 336 g/mol. The van der Waals surface area contributed by atoms with E-state index in [1.54, 1.807) is 0 Å². The number of alkyl halides is 2. The summed E-state index contributed by atoms with van der Waals surface area (Å²) in [5.41, 5.74) is 1.41. The van der Waals surface area contributed by atoms with Gasteiger partial charge in [0.05, 0.1) is 16.5 Å². The summed E-state index contributed by atoms with van der Waals surface area (Å²) >= 11 is 5.62. The fourth-order valence-corrected chi connectivity index (χ4v) is 2.41. The van der Waals surface area contributed by atoms with Gasteiger partial charge in [0.1, 0.15) is 0 Å². The van der Waals surface area contributed by atoms with Gasteiger partial charge in [0, 0.05) is 25.2 Å². The SMILES string of the molecule is NC(=O)C(F)(F)C1(O)CCN(c2ncc(Cl)cc2[N+](=O)[O-])C1. The lowest BCUT2D eigenvalue weighted by Gasteiger charge is -2.29. The molecule has 120 valence electrons. The average Bonchev–Trinajstić information content (AvgIpc) is 2.82. The number of anilines is 1. The first-order valence-electron chi connectivity index (χ1n) is 6.03. The smallest absolute Gasteiger partial charge is 0.353 e. The molecule has 1 unspecified atom stereocenters. The maximum Gasteiger partial charge on any atom is 0.353 e. The Balaban J connectivity index is 2.35. The maximum absolute atomic E-state index is 13.7. The van der Waals surface area contributed by atoms with Crippen molar-refractivity contribution in [1.29, 1.82) is 0 Å². The van der Waals surface area contributed by atoms with Crippen LogP contribution < -0.4 is 10.6 Å². The minimum absolute atomic E-state index is 0.00683. The standard InChI is InChI=1S/C11H11ClF2N4O4/c12-6-3-7(18(21)22)8(16-4-6)17-2-1-10(20,5-17)11(13,14)9(15)19/h3-4,20H,1-2,5H2,(H2,15,19). The molecule has 1 atom stereocenters. The Morgan fingerprint density at radius 3 is 2.82 bits per heavy atom. The minimum Gasteiger partial charge on any atom is -0.381 e. The highest BCUT2D eigenvalue weighted by Gasteiger charge is 2.60. The molecule has 2 rings (SSSR count). The van der Waals surface area contributed by atoms with E-state index in [-0.39, 0.29) is 17.4 Å². The number of carbonyl (C=O) groups excluding carboxylic acids is 1. The summed E-state index contributed by atoms with van der Waals surface area (Å²) in [4.78, 5) is 25.9. The van der Waals surface area contributed by atoms with Gasteiger partial charge in [0.2, 0.25) is 5.82 Å². The van der Waals surface area contributed by atoms with Crippen LogP contribution in [0.4, 0.5) is 20.3 Å². The molecule has 1 aromatic heterocycles. The van der Waals surface area contributed by atoms with Gasteiger partial charge in [-0.15, -0.1) is 0 Å². The van der Waals surface area contributed by atoms with Crippen molar-refractivity contribution in [2.45, 2.75) is 17.9 Å². The second-order valence-electron chi connectivity index (χ2n) is 4.90. The molecule has 0 bridgehead atoms. The molecule has 1 aliphatic heterocycles. The Kier molecular flexibility index (Phi) is 3.92. The van der Waals surface area contributed by atoms with E-state index in [9.17, 15) is 28.8 Å². The van der Waals surface area contributed by atoms with Crippen LogP contribution in [0.5, 0.6) is 0 Å². The number of nitro groups is 1. The molecule has 8 nitrogen and oxygen atoms in total. The summed E-state index contributed by atoms with van der Waals surface area (Å²) in [7, 11) is 0. The number of hydrogen-bond donors (Lipinski definition) is 2. The molecule has 0 radical (unpaired) electrons. The predicted octanol–water partition coefficient (Wildman–Crippen LogP) is 0.705. The van der Waals surface area contributed by atoms with E-state index < -0.39 is 41.0 Å². The first-order chi connectivity index (χ1) is 10.1. The average molecular weight is 337 g/mol. The fourth-order valence-electron chi connectivity index (χ4n) is 2.26. The topological polar surface area (TPSA) is 123 Å². The molecular weight excluding hydrogens is 326 g/mol. The van der Waals surface area contributed by atoms with Gasteiger partial charge in [-0.2, -0.15) is 8.78 Å². The number of amides is 1. The highest BCUT2D eigenvalue weighted by Crippen LogP contribution is 2.40. The summed E-state index contributed by atoms with van der Waals surface area (Å²) < 4.78 is 27.4. The van der Waals surface area contributed by atoms with Gasteiger partial charge >= 0.3 is 11.6 Å². The van der Waals surface area contributed by atoms with Crippen molar-refractivity contribution in [2.24, 2.45) is 5.73 Å². The van der Waals surface area contributed by atoms with E-state index >= 15 is 0 Å². The van der Waals surface area contributed by atoms with E-state index in [0.717, 1.165) is 17.2 Å². The van der Waals surface area contributed by atoms with Crippen molar-refractivity contribution < 1.29 is 23.6 Å². The molecule has 1 aromatic rings. The third kappa shape index (κ3) is 2.55. The number of β-amino-alcohol motifs (C(OH)–C–C–N with tert-alkyl or cyclic N) is 1. The number of carbonyl (C=O) groups is 1. The minimum atomic E-state index is -4.16. The Morgan fingerprint density at radius 1 is 1.64 bits per heavy atom. The zero-order valence-electron chi connectivity index (χ0n) is 11.0. The zero-order chi connectivity index (χ0) is 16.7. The molecule has 3 N–H and O–H groups in total. The molecule has 22 heavy (non-hydrogen) atoms. The Morgan fingerprint density at radius 2 is 2.27 bits per heavy atom. The van der Waals surface area contributed by atoms with Gasteiger partial charge in [-0.25, -0.2) is 4.98 Å². The number of nitrogens with zero attached hydrogens (tertiary/aromatic N) is 3. The second-order valence-corrected chi connectivity index (χ2v) is 5.33. The van der Waals surface area contributed by atoms with Crippen LogP contribution in [0.2, 0.25) is 5.02 Å². The van der Waals surface area contributed by atoms with Crippen molar-refractivity contribution in [2.75, 3.05) is 18.0 Å². The van der Waals surface area contributed by atoms with E-state index in [0.29, 0.717) is 0 Å². The lowest BCUT2D eigenvalue weighted by molar-refractivity contribution is -0.384. The molecule has 2 heterocycles. The molecule has 1 aliphatic rings. The number of halogens is 3. The maximum atomic E-state index is 13.7. The Bertz CT molecular complexity index is 645. The zero-order valence-corrected chi connectivity index (χ0v) is 11.8. The lowest BCUT2D eigenvalue weighted by atomic mass is 9.94. The van der Waals surface area contributed by atoms with Crippen LogP contribution in [0.15, 0.2) is 12.3 Å². The number of aromatic nitrogens is 1. The number of primary amides is 1. The number of aliphatic hydroxyl groups is 1. The molecular formula is C11H11ClF2N4O4. The number of hydrogen-bond acceptors (Lipinski definition) is 6. The van der Waals surface area contributed by atoms with Crippen molar-refractivity contribution in [1.82, 2.24) is 4.98 Å². The van der Waals surface area contributed by atoms with Gasteiger partial charge < -0.3 is 15.7 Å². The summed E-state index contributed by atoms with van der Waals surface area (Å²) in [6.07, 6.45) is 0.623. The molecule has 0 saturated carbocycles. The summed E-state index contributed by atoms with van der Waals surface area (Å²) in [6, 6.07) is 1.02. The van der Waals surface area contributed by atoms with Crippen LogP contribution in [0.25, 0.3) is 0 Å². The van der Waals surface area contributed by atoms with Crippen molar-refractivity contribution in [3.05, 3.63) is 27.4 Å². The number of pyridine rings is 1. The highest BCUT2D eigenvalue weighted by molar-refractivity contribution is 6.30. The van der Waals surface area contributed by atoms with Gasteiger partial charge in [-0.3, -0.25) is 14.9 Å². The van der Waals surface area contributed by atoms with E-state index in [2.05, 4.69) is 10.7 Å². The van der Waals surface area contributed by atoms with Crippen molar-refractivity contribution in [3.8, 4) is 0 Å². The van der Waals surface area contributed by atoms with Crippen LogP contribution in [0.1, 0.15) is 6.42 Å². The van der Waals surface area contributed by atoms with Crippen LogP contribution >= 0.6 is 11.6 Å². The van der Waals surface area contributed by atoms with E-state index in [4.69, 9.17) is 11.6 Å². The molecule has 1 fully saturated rings. The van der Waals surface area contributed by atoms with Gasteiger partial charge in [0.15, 0.2) is 5.60 Å². The molecule has 1 amide bonds.